The van der Waals surface area contributed by atoms with Crippen LogP contribution in [0.5, 0.6) is 0 Å². The summed E-state index contributed by atoms with van der Waals surface area (Å²) < 4.78 is 22.8. The monoisotopic (exact) mass is 138 g/mol. The summed E-state index contributed by atoms with van der Waals surface area (Å²) in [5.74, 6) is -0.347. The molecule has 0 heterocycles. The molecule has 0 bridgehead atoms. The van der Waals surface area contributed by atoms with Crippen molar-refractivity contribution in [3.8, 4) is 0 Å². The summed E-state index contributed by atoms with van der Waals surface area (Å²) in [5.41, 5.74) is 0. The van der Waals surface area contributed by atoms with Gasteiger partial charge < -0.3 is 0 Å². The van der Waals surface area contributed by atoms with E-state index >= 15 is 0 Å². The fourth-order valence-corrected chi connectivity index (χ4v) is 0.259. The molecule has 0 radical (unpaired) electrons. The molecule has 0 aliphatic heterocycles. The molecule has 0 aliphatic rings. The van der Waals surface area contributed by atoms with E-state index in [0.29, 0.717) is 6.42 Å². The van der Waals surface area contributed by atoms with Crippen molar-refractivity contribution < 1.29 is 8.78 Å². The first-order valence-corrected chi connectivity index (χ1v) is 3.47. The lowest BCUT2D eigenvalue weighted by Gasteiger charge is -2.00. The lowest BCUT2D eigenvalue weighted by atomic mass is 10.1. The average Bonchev–Trinajstić information content (AvgIpc) is 1.96. The fraction of sp³-hybridized carbons (Fsp3) is 1.00. The molecule has 58 valence electrons. The third-order valence-corrected chi connectivity index (χ3v) is 1.01. The predicted molar refractivity (Wildman–Crippen MR) is 37.1 cm³/mol. The average molecular weight is 138 g/mol. The van der Waals surface area contributed by atoms with Crippen molar-refractivity contribution in [1.29, 1.82) is 0 Å². The highest BCUT2D eigenvalue weighted by Gasteiger charge is 2.01. The van der Waals surface area contributed by atoms with Crippen molar-refractivity contribution in [2.45, 2.75) is 27.2 Å². The standard InChI is InChI=1S/C5H10F2.C2H6/c1-2-5(3-6)4-7;1-2/h5H,2-4H2,1H3;1-2H3. The van der Waals surface area contributed by atoms with E-state index in [0.717, 1.165) is 0 Å². The van der Waals surface area contributed by atoms with Gasteiger partial charge in [0.05, 0.1) is 13.3 Å². The highest BCUT2D eigenvalue weighted by Crippen LogP contribution is 2.01. The predicted octanol–water partition coefficient (Wildman–Crippen LogP) is 2.98. The van der Waals surface area contributed by atoms with Crippen molar-refractivity contribution in [2.75, 3.05) is 13.3 Å². The molecular weight excluding hydrogens is 122 g/mol. The summed E-state index contributed by atoms with van der Waals surface area (Å²) in [6, 6.07) is 0. The van der Waals surface area contributed by atoms with Crippen LogP contribution in [-0.2, 0) is 0 Å². The van der Waals surface area contributed by atoms with E-state index in [-0.39, 0.29) is 5.92 Å². The molecule has 0 rings (SSSR count). The van der Waals surface area contributed by atoms with Crippen LogP contribution < -0.4 is 0 Å². The second-order valence-corrected chi connectivity index (χ2v) is 1.58. The molecule has 0 saturated carbocycles. The second-order valence-electron chi connectivity index (χ2n) is 1.58. The third kappa shape index (κ3) is 7.86. The van der Waals surface area contributed by atoms with Gasteiger partial charge in [-0.1, -0.05) is 20.8 Å². The zero-order valence-electron chi connectivity index (χ0n) is 6.45. The fourth-order valence-electron chi connectivity index (χ4n) is 0.259. The third-order valence-electron chi connectivity index (χ3n) is 1.01. The Kier molecular flexibility index (Phi) is 13.9. The zero-order chi connectivity index (χ0) is 7.70. The van der Waals surface area contributed by atoms with Crippen LogP contribution in [0.3, 0.4) is 0 Å². The molecule has 0 nitrogen and oxygen atoms in total. The minimum Gasteiger partial charge on any atom is -0.251 e. The molecule has 0 amide bonds. The van der Waals surface area contributed by atoms with Crippen LogP contribution in [0.2, 0.25) is 0 Å². The molecule has 0 aromatic heterocycles. The Balaban J connectivity index is 0. The summed E-state index contributed by atoms with van der Waals surface area (Å²) in [7, 11) is 0. The maximum Gasteiger partial charge on any atom is 0.0947 e. The number of alkyl halides is 2. The Morgan fingerprint density at radius 1 is 1.11 bits per heavy atom. The van der Waals surface area contributed by atoms with Gasteiger partial charge in [0.2, 0.25) is 0 Å². The van der Waals surface area contributed by atoms with Gasteiger partial charge in [-0.25, -0.2) is 0 Å². The van der Waals surface area contributed by atoms with E-state index in [9.17, 15) is 8.78 Å². The van der Waals surface area contributed by atoms with Gasteiger partial charge in [-0.15, -0.1) is 0 Å². The summed E-state index contributed by atoms with van der Waals surface area (Å²) in [6.45, 7) is 4.74. The Labute approximate surface area is 56.3 Å². The van der Waals surface area contributed by atoms with Gasteiger partial charge in [0, 0.05) is 5.92 Å². The molecule has 0 saturated heterocycles. The maximum absolute atomic E-state index is 11.4. The summed E-state index contributed by atoms with van der Waals surface area (Å²) in [4.78, 5) is 0. The van der Waals surface area contributed by atoms with Gasteiger partial charge in [0.25, 0.3) is 0 Å². The van der Waals surface area contributed by atoms with Crippen molar-refractivity contribution in [1.82, 2.24) is 0 Å². The molecule has 0 aromatic rings. The van der Waals surface area contributed by atoms with Crippen LogP contribution in [0, 0.1) is 5.92 Å². The summed E-state index contributed by atoms with van der Waals surface area (Å²) in [6.07, 6.45) is 0.604. The molecule has 0 aliphatic carbocycles. The van der Waals surface area contributed by atoms with Gasteiger partial charge in [-0.3, -0.25) is 8.78 Å². The van der Waals surface area contributed by atoms with E-state index < -0.39 is 13.3 Å². The second kappa shape index (κ2) is 10.8. The zero-order valence-corrected chi connectivity index (χ0v) is 6.45. The number of hydrogen-bond acceptors (Lipinski definition) is 0. The number of hydrogen-bond donors (Lipinski definition) is 0. The molecule has 0 N–H and O–H groups in total. The Bertz CT molecular complexity index is 28.4. The normalized spacial score (nSPS) is 8.67. The van der Waals surface area contributed by atoms with Crippen molar-refractivity contribution in [3.05, 3.63) is 0 Å². The Morgan fingerprint density at radius 3 is 1.44 bits per heavy atom. The lowest BCUT2D eigenvalue weighted by Crippen LogP contribution is -2.01. The Morgan fingerprint density at radius 2 is 1.44 bits per heavy atom. The van der Waals surface area contributed by atoms with Gasteiger partial charge in [0.15, 0.2) is 0 Å². The SMILES string of the molecule is CC.CCC(CF)CF. The van der Waals surface area contributed by atoms with Crippen LogP contribution >= 0.6 is 0 Å². The Hall–Kier alpha value is -0.140. The molecule has 0 spiro atoms. The van der Waals surface area contributed by atoms with Crippen molar-refractivity contribution in [3.63, 3.8) is 0 Å². The maximum atomic E-state index is 11.4. The van der Waals surface area contributed by atoms with Crippen molar-refractivity contribution >= 4 is 0 Å². The van der Waals surface area contributed by atoms with Crippen LogP contribution in [0.25, 0.3) is 0 Å². The summed E-state index contributed by atoms with van der Waals surface area (Å²) >= 11 is 0. The molecular formula is C7H16F2. The van der Waals surface area contributed by atoms with Gasteiger partial charge >= 0.3 is 0 Å². The lowest BCUT2D eigenvalue weighted by molar-refractivity contribution is 0.283. The van der Waals surface area contributed by atoms with Crippen molar-refractivity contribution in [2.24, 2.45) is 5.92 Å². The molecule has 2 heteroatoms. The molecule has 0 unspecified atom stereocenters. The number of halogens is 2. The van der Waals surface area contributed by atoms with Gasteiger partial charge in [0.1, 0.15) is 0 Å². The smallest absolute Gasteiger partial charge is 0.0947 e. The number of rotatable bonds is 3. The largest absolute Gasteiger partial charge is 0.251 e. The minimum absolute atomic E-state index is 0.347. The molecule has 0 atom stereocenters. The van der Waals surface area contributed by atoms with E-state index in [4.69, 9.17) is 0 Å². The topological polar surface area (TPSA) is 0 Å². The summed E-state index contributed by atoms with van der Waals surface area (Å²) in [5, 5.41) is 0. The van der Waals surface area contributed by atoms with Crippen LogP contribution in [0.1, 0.15) is 27.2 Å². The van der Waals surface area contributed by atoms with E-state index in [1.807, 2.05) is 13.8 Å². The van der Waals surface area contributed by atoms with E-state index in [1.165, 1.54) is 0 Å². The first-order valence-electron chi connectivity index (χ1n) is 3.47. The molecule has 0 aromatic carbocycles. The highest BCUT2D eigenvalue weighted by molar-refractivity contribution is 4.49. The quantitative estimate of drug-likeness (QED) is 0.562. The molecule has 0 fully saturated rings. The van der Waals surface area contributed by atoms with Crippen LogP contribution in [0.4, 0.5) is 8.78 Å². The van der Waals surface area contributed by atoms with E-state index in [1.54, 1.807) is 6.92 Å². The highest BCUT2D eigenvalue weighted by atomic mass is 19.1. The van der Waals surface area contributed by atoms with Crippen LogP contribution in [-0.4, -0.2) is 13.3 Å². The minimum atomic E-state index is -0.521. The first kappa shape index (κ1) is 11.6. The van der Waals surface area contributed by atoms with Gasteiger partial charge in [-0.05, 0) is 6.42 Å². The first-order chi connectivity index (χ1) is 4.35. The van der Waals surface area contributed by atoms with Crippen LogP contribution in [0.15, 0.2) is 0 Å². The van der Waals surface area contributed by atoms with E-state index in [2.05, 4.69) is 0 Å². The molecule has 9 heavy (non-hydrogen) atoms. The van der Waals surface area contributed by atoms with Gasteiger partial charge in [-0.2, -0.15) is 0 Å².